The van der Waals surface area contributed by atoms with Crippen molar-refractivity contribution < 1.29 is 4.79 Å². The summed E-state index contributed by atoms with van der Waals surface area (Å²) in [4.78, 5) is 42.3. The molecule has 0 atom stereocenters. The Morgan fingerprint density at radius 3 is 2.71 bits per heavy atom. The van der Waals surface area contributed by atoms with Crippen LogP contribution in [0.25, 0.3) is 11.3 Å². The standard InChI is InChI=1S/C21H21N5O2/c27-19-13-18(16-4-3-8-22-14-16)24-21(25-19)15-6-10-26(11-7-15)20(28)12-17-5-1-2-9-23-17/h1-5,8-9,13-15H,6-7,10-12H2,(H,24,25,27). The van der Waals surface area contributed by atoms with E-state index in [4.69, 9.17) is 0 Å². The molecule has 4 rings (SSSR count). The second-order valence-electron chi connectivity index (χ2n) is 6.91. The number of nitrogens with one attached hydrogen (secondary N) is 1. The van der Waals surface area contributed by atoms with Crippen molar-refractivity contribution in [2.45, 2.75) is 25.2 Å². The molecule has 1 saturated heterocycles. The highest BCUT2D eigenvalue weighted by atomic mass is 16.2. The van der Waals surface area contributed by atoms with Crippen LogP contribution in [0.5, 0.6) is 0 Å². The average Bonchev–Trinajstić information content (AvgIpc) is 2.75. The summed E-state index contributed by atoms with van der Waals surface area (Å²) in [5.74, 6) is 0.897. The van der Waals surface area contributed by atoms with E-state index < -0.39 is 0 Å². The number of carbonyl (C=O) groups is 1. The van der Waals surface area contributed by atoms with Gasteiger partial charge in [0, 0.05) is 54.9 Å². The molecule has 7 heteroatoms. The second kappa shape index (κ2) is 8.12. The fourth-order valence-electron chi connectivity index (χ4n) is 3.50. The molecule has 142 valence electrons. The molecule has 3 aromatic rings. The average molecular weight is 375 g/mol. The van der Waals surface area contributed by atoms with Crippen LogP contribution >= 0.6 is 0 Å². The van der Waals surface area contributed by atoms with Gasteiger partial charge in [0.2, 0.25) is 5.91 Å². The lowest BCUT2D eigenvalue weighted by Crippen LogP contribution is -2.39. The number of aromatic nitrogens is 4. The number of hydrogen-bond donors (Lipinski definition) is 1. The van der Waals surface area contributed by atoms with E-state index in [-0.39, 0.29) is 17.4 Å². The van der Waals surface area contributed by atoms with Gasteiger partial charge in [-0.1, -0.05) is 6.07 Å². The van der Waals surface area contributed by atoms with Crippen LogP contribution in [0.1, 0.15) is 30.3 Å². The SMILES string of the molecule is O=C(Cc1ccccn1)N1CCC(c2nc(-c3cccnc3)cc(=O)[nH]2)CC1. The van der Waals surface area contributed by atoms with Crippen LogP contribution in [0.15, 0.2) is 59.8 Å². The number of nitrogens with zero attached hydrogens (tertiary/aromatic N) is 4. The van der Waals surface area contributed by atoms with Crippen molar-refractivity contribution in [2.24, 2.45) is 0 Å². The van der Waals surface area contributed by atoms with Gasteiger partial charge in [0.1, 0.15) is 5.82 Å². The second-order valence-corrected chi connectivity index (χ2v) is 6.91. The molecule has 7 nitrogen and oxygen atoms in total. The van der Waals surface area contributed by atoms with Crippen molar-refractivity contribution >= 4 is 5.91 Å². The first-order valence-electron chi connectivity index (χ1n) is 9.38. The van der Waals surface area contributed by atoms with Crippen LogP contribution in [-0.2, 0) is 11.2 Å². The Labute approximate surface area is 162 Å². The molecule has 0 radical (unpaired) electrons. The van der Waals surface area contributed by atoms with E-state index in [1.165, 1.54) is 6.07 Å². The molecule has 1 amide bonds. The lowest BCUT2D eigenvalue weighted by molar-refractivity contribution is -0.131. The number of piperidine rings is 1. The molecule has 0 unspecified atom stereocenters. The summed E-state index contributed by atoms with van der Waals surface area (Å²) in [6, 6.07) is 10.8. The van der Waals surface area contributed by atoms with Crippen LogP contribution in [0.3, 0.4) is 0 Å². The summed E-state index contributed by atoms with van der Waals surface area (Å²) in [5, 5.41) is 0. The zero-order valence-electron chi connectivity index (χ0n) is 15.4. The molecule has 1 aliphatic rings. The lowest BCUT2D eigenvalue weighted by atomic mass is 9.95. The summed E-state index contributed by atoms with van der Waals surface area (Å²) in [6.45, 7) is 1.30. The Kier molecular flexibility index (Phi) is 5.23. The number of carbonyl (C=O) groups excluding carboxylic acids is 1. The fourth-order valence-corrected chi connectivity index (χ4v) is 3.50. The molecule has 4 heterocycles. The molecular formula is C21H21N5O2. The van der Waals surface area contributed by atoms with Crippen molar-refractivity contribution in [3.8, 4) is 11.3 Å². The summed E-state index contributed by atoms with van der Waals surface area (Å²) in [5.41, 5.74) is 2.06. The molecular weight excluding hydrogens is 354 g/mol. The Morgan fingerprint density at radius 1 is 1.14 bits per heavy atom. The molecule has 3 aromatic heterocycles. The number of likely N-dealkylation sites (tertiary alicyclic amines) is 1. The molecule has 0 aliphatic carbocycles. The van der Waals surface area contributed by atoms with Crippen LogP contribution in [0.2, 0.25) is 0 Å². The maximum Gasteiger partial charge on any atom is 0.251 e. The van der Waals surface area contributed by atoms with Gasteiger partial charge in [-0.15, -0.1) is 0 Å². The van der Waals surface area contributed by atoms with E-state index in [2.05, 4.69) is 19.9 Å². The minimum absolute atomic E-state index is 0.0858. The van der Waals surface area contributed by atoms with E-state index >= 15 is 0 Å². The minimum atomic E-state index is -0.169. The summed E-state index contributed by atoms with van der Waals surface area (Å²) >= 11 is 0. The Bertz CT molecular complexity index is 996. The first-order chi connectivity index (χ1) is 13.7. The molecule has 0 saturated carbocycles. The van der Waals surface area contributed by atoms with Gasteiger partial charge in [-0.3, -0.25) is 19.6 Å². The molecule has 1 fully saturated rings. The van der Waals surface area contributed by atoms with E-state index in [1.807, 2.05) is 35.2 Å². The van der Waals surface area contributed by atoms with Gasteiger partial charge < -0.3 is 9.88 Å². The van der Waals surface area contributed by atoms with Gasteiger partial charge in [-0.25, -0.2) is 4.98 Å². The lowest BCUT2D eigenvalue weighted by Gasteiger charge is -2.31. The largest absolute Gasteiger partial charge is 0.342 e. The van der Waals surface area contributed by atoms with Crippen LogP contribution in [0.4, 0.5) is 0 Å². The van der Waals surface area contributed by atoms with E-state index in [1.54, 1.807) is 18.6 Å². The van der Waals surface area contributed by atoms with Crippen LogP contribution in [-0.4, -0.2) is 43.8 Å². The first-order valence-corrected chi connectivity index (χ1v) is 9.38. The van der Waals surface area contributed by atoms with Crippen molar-refractivity contribution in [3.05, 3.63) is 76.9 Å². The zero-order valence-corrected chi connectivity index (χ0v) is 15.4. The third-order valence-corrected chi connectivity index (χ3v) is 5.01. The van der Waals surface area contributed by atoms with Crippen LogP contribution in [0, 0.1) is 0 Å². The summed E-state index contributed by atoms with van der Waals surface area (Å²) in [6.07, 6.45) is 6.95. The third-order valence-electron chi connectivity index (χ3n) is 5.01. The van der Waals surface area contributed by atoms with E-state index in [0.717, 1.165) is 24.1 Å². The summed E-state index contributed by atoms with van der Waals surface area (Å²) < 4.78 is 0. The number of pyridine rings is 2. The molecule has 28 heavy (non-hydrogen) atoms. The molecule has 0 spiro atoms. The quantitative estimate of drug-likeness (QED) is 0.755. The predicted molar refractivity (Wildman–Crippen MR) is 105 cm³/mol. The van der Waals surface area contributed by atoms with Gasteiger partial charge in [-0.2, -0.15) is 0 Å². The maximum atomic E-state index is 12.5. The minimum Gasteiger partial charge on any atom is -0.342 e. The molecule has 1 aliphatic heterocycles. The monoisotopic (exact) mass is 375 g/mol. The highest BCUT2D eigenvalue weighted by molar-refractivity contribution is 5.78. The van der Waals surface area contributed by atoms with Crippen molar-refractivity contribution in [2.75, 3.05) is 13.1 Å². The number of rotatable bonds is 4. The zero-order chi connectivity index (χ0) is 19.3. The predicted octanol–water partition coefficient (Wildman–Crippen LogP) is 2.18. The van der Waals surface area contributed by atoms with Crippen molar-refractivity contribution in [1.82, 2.24) is 24.8 Å². The number of aromatic amines is 1. The number of hydrogen-bond acceptors (Lipinski definition) is 5. The summed E-state index contributed by atoms with van der Waals surface area (Å²) in [7, 11) is 0. The molecule has 1 N–H and O–H groups in total. The van der Waals surface area contributed by atoms with Crippen molar-refractivity contribution in [1.29, 1.82) is 0 Å². The fraction of sp³-hybridized carbons (Fsp3) is 0.286. The van der Waals surface area contributed by atoms with Gasteiger partial charge in [0.15, 0.2) is 0 Å². The molecule has 0 aromatic carbocycles. The number of amides is 1. The van der Waals surface area contributed by atoms with E-state index in [0.29, 0.717) is 31.0 Å². The topological polar surface area (TPSA) is 91.8 Å². The highest BCUT2D eigenvalue weighted by Gasteiger charge is 2.25. The van der Waals surface area contributed by atoms with Gasteiger partial charge in [-0.05, 0) is 37.1 Å². The molecule has 0 bridgehead atoms. The maximum absolute atomic E-state index is 12.5. The van der Waals surface area contributed by atoms with Gasteiger partial charge in [0.05, 0.1) is 12.1 Å². The Hall–Kier alpha value is -3.35. The van der Waals surface area contributed by atoms with Crippen molar-refractivity contribution in [3.63, 3.8) is 0 Å². The third kappa shape index (κ3) is 4.14. The Morgan fingerprint density at radius 2 is 2.00 bits per heavy atom. The normalized spacial score (nSPS) is 14.8. The smallest absolute Gasteiger partial charge is 0.251 e. The van der Waals surface area contributed by atoms with Gasteiger partial charge >= 0.3 is 0 Å². The Balaban J connectivity index is 1.43. The van der Waals surface area contributed by atoms with Gasteiger partial charge in [0.25, 0.3) is 5.56 Å². The highest BCUT2D eigenvalue weighted by Crippen LogP contribution is 2.26. The number of H-pyrrole nitrogens is 1. The first kappa shape index (κ1) is 18.0. The van der Waals surface area contributed by atoms with E-state index in [9.17, 15) is 9.59 Å². The van der Waals surface area contributed by atoms with Crippen LogP contribution < -0.4 is 5.56 Å².